The van der Waals surface area contributed by atoms with Crippen molar-refractivity contribution in [3.05, 3.63) is 22.5 Å². The van der Waals surface area contributed by atoms with Gasteiger partial charge in [0.05, 0.1) is 24.3 Å². The van der Waals surface area contributed by atoms with Gasteiger partial charge in [-0.25, -0.2) is 4.98 Å². The van der Waals surface area contributed by atoms with Gasteiger partial charge in [-0.15, -0.1) is 0 Å². The zero-order valence-corrected chi connectivity index (χ0v) is 11.0. The molecule has 4 nitrogen and oxygen atoms in total. The predicted molar refractivity (Wildman–Crippen MR) is 68.9 cm³/mol. The molecule has 2 heterocycles. The zero-order valence-electron chi connectivity index (χ0n) is 9.44. The van der Waals surface area contributed by atoms with Gasteiger partial charge >= 0.3 is 0 Å². The van der Waals surface area contributed by atoms with Crippen molar-refractivity contribution in [3.63, 3.8) is 0 Å². The Kier molecular flexibility index (Phi) is 2.60. The van der Waals surface area contributed by atoms with Crippen LogP contribution >= 0.6 is 15.9 Å². The van der Waals surface area contributed by atoms with E-state index in [1.165, 1.54) is 0 Å². The molecule has 0 radical (unpaired) electrons. The zero-order chi connectivity index (χ0) is 12.0. The fourth-order valence-corrected chi connectivity index (χ4v) is 2.67. The highest BCUT2D eigenvalue weighted by Gasteiger charge is 2.28. The summed E-state index contributed by atoms with van der Waals surface area (Å²) in [6.07, 6.45) is 1.23. The molecule has 3 rings (SSSR count). The van der Waals surface area contributed by atoms with Gasteiger partial charge in [0.1, 0.15) is 5.52 Å². The lowest BCUT2D eigenvalue weighted by atomic mass is 10.1. The van der Waals surface area contributed by atoms with E-state index in [0.29, 0.717) is 17.9 Å². The molecule has 0 spiro atoms. The average Bonchev–Trinajstić information content (AvgIpc) is 2.83. The number of benzene rings is 1. The van der Waals surface area contributed by atoms with Crippen molar-refractivity contribution in [1.29, 1.82) is 0 Å². The molecule has 1 aromatic heterocycles. The summed E-state index contributed by atoms with van der Waals surface area (Å²) >= 11 is 3.40. The summed E-state index contributed by atoms with van der Waals surface area (Å²) in [6, 6.07) is 3.74. The molecule has 0 amide bonds. The largest absolute Gasteiger partial charge is 0.438 e. The molecule has 2 atom stereocenters. The van der Waals surface area contributed by atoms with Gasteiger partial charge in [-0.1, -0.05) is 15.9 Å². The second-order valence-electron chi connectivity index (χ2n) is 4.47. The maximum atomic E-state index is 5.90. The van der Waals surface area contributed by atoms with Crippen LogP contribution in [0.2, 0.25) is 0 Å². The summed E-state index contributed by atoms with van der Waals surface area (Å²) in [6.45, 7) is 2.74. The smallest absolute Gasteiger partial charge is 0.201 e. The van der Waals surface area contributed by atoms with Crippen LogP contribution in [0.25, 0.3) is 11.1 Å². The molecule has 5 heteroatoms. The van der Waals surface area contributed by atoms with Crippen LogP contribution in [-0.4, -0.2) is 17.7 Å². The first-order valence-electron chi connectivity index (χ1n) is 5.60. The standard InChI is InChI=1S/C12H13BrN2O2/c1-6-2-7(5-16-6)12-15-10-4-8(13)3-9(14)11(10)17-12/h3-4,6-7H,2,5,14H2,1H3. The summed E-state index contributed by atoms with van der Waals surface area (Å²) in [5.74, 6) is 0.977. The normalized spacial score (nSPS) is 24.6. The second-order valence-corrected chi connectivity index (χ2v) is 5.39. The lowest BCUT2D eigenvalue weighted by Gasteiger charge is -1.99. The molecule has 2 N–H and O–H groups in total. The van der Waals surface area contributed by atoms with Gasteiger partial charge in [0, 0.05) is 4.47 Å². The SMILES string of the molecule is CC1CC(c2nc3cc(Br)cc(N)c3o2)CO1. The Morgan fingerprint density at radius 3 is 3.00 bits per heavy atom. The van der Waals surface area contributed by atoms with Crippen molar-refractivity contribution in [3.8, 4) is 0 Å². The van der Waals surface area contributed by atoms with E-state index < -0.39 is 0 Å². The van der Waals surface area contributed by atoms with Gasteiger partial charge in [-0.05, 0) is 25.5 Å². The lowest BCUT2D eigenvalue weighted by Crippen LogP contribution is -1.97. The highest BCUT2D eigenvalue weighted by Crippen LogP contribution is 2.33. The van der Waals surface area contributed by atoms with Crippen molar-refractivity contribution in [2.75, 3.05) is 12.3 Å². The first-order valence-corrected chi connectivity index (χ1v) is 6.40. The molecule has 1 aliphatic rings. The third kappa shape index (κ3) is 1.93. The molecule has 0 bridgehead atoms. The summed E-state index contributed by atoms with van der Waals surface area (Å²) in [7, 11) is 0. The Hall–Kier alpha value is -1.07. The summed E-state index contributed by atoms with van der Waals surface area (Å²) < 4.78 is 12.2. The van der Waals surface area contributed by atoms with Crippen LogP contribution in [0.5, 0.6) is 0 Å². The monoisotopic (exact) mass is 296 g/mol. The van der Waals surface area contributed by atoms with Crippen molar-refractivity contribution >= 4 is 32.7 Å². The Labute approximate surface area is 107 Å². The fourth-order valence-electron chi connectivity index (χ4n) is 2.20. The number of anilines is 1. The van der Waals surface area contributed by atoms with Crippen LogP contribution in [0.4, 0.5) is 5.69 Å². The molecule has 17 heavy (non-hydrogen) atoms. The van der Waals surface area contributed by atoms with Gasteiger partial charge in [0.2, 0.25) is 5.89 Å². The maximum Gasteiger partial charge on any atom is 0.201 e. The molecule has 1 aromatic carbocycles. The van der Waals surface area contributed by atoms with E-state index in [1.54, 1.807) is 0 Å². The van der Waals surface area contributed by atoms with Crippen molar-refractivity contribution in [2.24, 2.45) is 0 Å². The number of nitrogen functional groups attached to an aromatic ring is 1. The van der Waals surface area contributed by atoms with Gasteiger partial charge < -0.3 is 14.9 Å². The predicted octanol–water partition coefficient (Wildman–Crippen LogP) is 3.06. The number of nitrogens with two attached hydrogens (primary N) is 1. The highest BCUT2D eigenvalue weighted by atomic mass is 79.9. The first kappa shape index (κ1) is 11.0. The lowest BCUT2D eigenvalue weighted by molar-refractivity contribution is 0.122. The van der Waals surface area contributed by atoms with Crippen LogP contribution in [0.15, 0.2) is 21.0 Å². The third-order valence-electron chi connectivity index (χ3n) is 3.05. The van der Waals surface area contributed by atoms with Crippen LogP contribution in [0.3, 0.4) is 0 Å². The van der Waals surface area contributed by atoms with Gasteiger partial charge in [-0.3, -0.25) is 0 Å². The van der Waals surface area contributed by atoms with Crippen molar-refractivity contribution in [2.45, 2.75) is 25.4 Å². The quantitative estimate of drug-likeness (QED) is 0.822. The average molecular weight is 297 g/mol. The Bertz CT molecular complexity index is 567. The number of halogens is 1. The fraction of sp³-hybridized carbons (Fsp3) is 0.417. The number of hydrogen-bond donors (Lipinski definition) is 1. The van der Waals surface area contributed by atoms with E-state index in [0.717, 1.165) is 22.3 Å². The van der Waals surface area contributed by atoms with Crippen LogP contribution in [0.1, 0.15) is 25.2 Å². The van der Waals surface area contributed by atoms with Crippen LogP contribution < -0.4 is 5.73 Å². The molecule has 90 valence electrons. The third-order valence-corrected chi connectivity index (χ3v) is 3.51. The minimum atomic E-state index is 0.246. The van der Waals surface area contributed by atoms with E-state index in [4.69, 9.17) is 14.9 Å². The Balaban J connectivity index is 2.04. The molecule has 0 saturated carbocycles. The minimum Gasteiger partial charge on any atom is -0.438 e. The summed E-state index contributed by atoms with van der Waals surface area (Å²) in [4.78, 5) is 4.49. The number of nitrogens with zero attached hydrogens (tertiary/aromatic N) is 1. The van der Waals surface area contributed by atoms with Gasteiger partial charge in [-0.2, -0.15) is 0 Å². The van der Waals surface area contributed by atoms with E-state index in [2.05, 4.69) is 27.8 Å². The summed E-state index contributed by atoms with van der Waals surface area (Å²) in [5, 5.41) is 0. The highest BCUT2D eigenvalue weighted by molar-refractivity contribution is 9.10. The molecule has 2 aromatic rings. The first-order chi connectivity index (χ1) is 8.13. The van der Waals surface area contributed by atoms with Crippen molar-refractivity contribution in [1.82, 2.24) is 4.98 Å². The maximum absolute atomic E-state index is 5.90. The second kappa shape index (κ2) is 3.99. The molecule has 1 saturated heterocycles. The molecular weight excluding hydrogens is 284 g/mol. The van der Waals surface area contributed by atoms with Gasteiger partial charge in [0.15, 0.2) is 5.58 Å². The molecule has 0 aliphatic carbocycles. The molecule has 2 unspecified atom stereocenters. The molecule has 1 aliphatic heterocycles. The number of oxazole rings is 1. The number of fused-ring (bicyclic) bond motifs is 1. The van der Waals surface area contributed by atoms with Crippen LogP contribution in [-0.2, 0) is 4.74 Å². The van der Waals surface area contributed by atoms with E-state index in [-0.39, 0.29) is 12.0 Å². The topological polar surface area (TPSA) is 61.3 Å². The van der Waals surface area contributed by atoms with Crippen molar-refractivity contribution < 1.29 is 9.15 Å². The van der Waals surface area contributed by atoms with E-state index in [1.807, 2.05) is 12.1 Å². The van der Waals surface area contributed by atoms with Crippen LogP contribution in [0, 0.1) is 0 Å². The van der Waals surface area contributed by atoms with E-state index >= 15 is 0 Å². The molecular formula is C12H13BrN2O2. The Morgan fingerprint density at radius 1 is 1.47 bits per heavy atom. The summed E-state index contributed by atoms with van der Waals surface area (Å²) in [5.41, 5.74) is 7.98. The minimum absolute atomic E-state index is 0.246. The number of rotatable bonds is 1. The molecule has 1 fully saturated rings. The van der Waals surface area contributed by atoms with Gasteiger partial charge in [0.25, 0.3) is 0 Å². The number of ether oxygens (including phenoxy) is 1. The number of aromatic nitrogens is 1. The number of hydrogen-bond acceptors (Lipinski definition) is 4. The van der Waals surface area contributed by atoms with E-state index in [9.17, 15) is 0 Å². The Morgan fingerprint density at radius 2 is 2.29 bits per heavy atom.